The summed E-state index contributed by atoms with van der Waals surface area (Å²) >= 11 is 0. The van der Waals surface area contributed by atoms with Gasteiger partial charge in [0.25, 0.3) is 0 Å². The number of ether oxygens (including phenoxy) is 1. The molecule has 1 fully saturated rings. The van der Waals surface area contributed by atoms with Crippen LogP contribution in [0.15, 0.2) is 53.4 Å². The van der Waals surface area contributed by atoms with Crippen LogP contribution in [0.25, 0.3) is 0 Å². The molecule has 2 atom stereocenters. The SMILES string of the molecule is Cc1ccc(CN2CC[C@@H]3NS(=O)(=O)c4ccccc4O[C@H]3CC2)cc1. The summed E-state index contributed by atoms with van der Waals surface area (Å²) < 4.78 is 34.3. The molecule has 0 amide bonds. The molecule has 0 saturated carbocycles. The van der Waals surface area contributed by atoms with Crippen molar-refractivity contribution in [3.8, 4) is 5.75 Å². The van der Waals surface area contributed by atoms with Crippen molar-refractivity contribution in [2.45, 2.75) is 43.4 Å². The van der Waals surface area contributed by atoms with E-state index in [1.54, 1.807) is 18.2 Å². The molecular formula is C20H24N2O3S. The van der Waals surface area contributed by atoms with Crippen LogP contribution in [0.3, 0.4) is 0 Å². The molecule has 0 aromatic heterocycles. The number of rotatable bonds is 2. The Bertz CT molecular complexity index is 880. The molecule has 26 heavy (non-hydrogen) atoms. The first-order valence-electron chi connectivity index (χ1n) is 9.07. The van der Waals surface area contributed by atoms with E-state index in [4.69, 9.17) is 4.74 Å². The van der Waals surface area contributed by atoms with Gasteiger partial charge >= 0.3 is 0 Å². The molecule has 2 heterocycles. The minimum atomic E-state index is -3.54. The summed E-state index contributed by atoms with van der Waals surface area (Å²) in [6, 6.07) is 15.3. The van der Waals surface area contributed by atoms with Gasteiger partial charge in [-0.2, -0.15) is 0 Å². The zero-order valence-electron chi connectivity index (χ0n) is 14.9. The number of fused-ring (bicyclic) bond motifs is 2. The van der Waals surface area contributed by atoms with E-state index < -0.39 is 10.0 Å². The van der Waals surface area contributed by atoms with Crippen LogP contribution in [0.1, 0.15) is 24.0 Å². The Balaban J connectivity index is 1.51. The van der Waals surface area contributed by atoms with E-state index >= 15 is 0 Å². The third kappa shape index (κ3) is 3.63. The van der Waals surface area contributed by atoms with Gasteiger partial charge in [-0.05, 0) is 37.5 Å². The summed E-state index contributed by atoms with van der Waals surface area (Å²) in [5.74, 6) is 0.458. The molecule has 2 aliphatic heterocycles. The summed E-state index contributed by atoms with van der Waals surface area (Å²) in [6.45, 7) is 4.70. The molecule has 138 valence electrons. The highest BCUT2D eigenvalue weighted by molar-refractivity contribution is 7.89. The van der Waals surface area contributed by atoms with Crippen LogP contribution in [-0.2, 0) is 16.6 Å². The van der Waals surface area contributed by atoms with Crippen molar-refractivity contribution in [1.82, 2.24) is 9.62 Å². The zero-order chi connectivity index (χ0) is 18.1. The summed E-state index contributed by atoms with van der Waals surface area (Å²) in [6.07, 6.45) is 1.40. The Morgan fingerprint density at radius 2 is 1.81 bits per heavy atom. The third-order valence-corrected chi connectivity index (χ3v) is 6.71. The lowest BCUT2D eigenvalue weighted by Gasteiger charge is -2.22. The van der Waals surface area contributed by atoms with Crippen molar-refractivity contribution in [3.63, 3.8) is 0 Å². The predicted octanol–water partition coefficient (Wildman–Crippen LogP) is 2.70. The van der Waals surface area contributed by atoms with Gasteiger partial charge < -0.3 is 4.74 Å². The molecule has 0 bridgehead atoms. The molecule has 2 aromatic carbocycles. The average Bonchev–Trinajstić information content (AvgIpc) is 2.86. The Kier molecular flexibility index (Phi) is 4.73. The van der Waals surface area contributed by atoms with E-state index in [0.717, 1.165) is 32.5 Å². The monoisotopic (exact) mass is 372 g/mol. The second kappa shape index (κ2) is 7.02. The van der Waals surface area contributed by atoms with Gasteiger partial charge in [-0.1, -0.05) is 42.0 Å². The maximum absolute atomic E-state index is 12.7. The average molecular weight is 372 g/mol. The van der Waals surface area contributed by atoms with Crippen LogP contribution in [0, 0.1) is 6.92 Å². The van der Waals surface area contributed by atoms with Crippen LogP contribution in [0.2, 0.25) is 0 Å². The van der Waals surface area contributed by atoms with E-state index in [-0.39, 0.29) is 17.0 Å². The fraction of sp³-hybridized carbons (Fsp3) is 0.400. The number of sulfonamides is 1. The number of para-hydroxylation sites is 1. The fourth-order valence-corrected chi connectivity index (χ4v) is 5.15. The number of benzene rings is 2. The summed E-state index contributed by atoms with van der Waals surface area (Å²) in [7, 11) is -3.54. The number of hydrogen-bond donors (Lipinski definition) is 1. The van der Waals surface area contributed by atoms with Gasteiger partial charge in [0.05, 0.1) is 6.04 Å². The predicted molar refractivity (Wildman–Crippen MR) is 101 cm³/mol. The normalized spacial score (nSPS) is 25.3. The molecule has 0 radical (unpaired) electrons. The molecule has 0 aliphatic carbocycles. The van der Waals surface area contributed by atoms with E-state index in [2.05, 4.69) is 40.8 Å². The number of nitrogens with zero attached hydrogens (tertiary/aromatic N) is 1. The minimum absolute atomic E-state index is 0.142. The van der Waals surface area contributed by atoms with Crippen LogP contribution in [-0.4, -0.2) is 38.6 Å². The number of aryl methyl sites for hydroxylation is 1. The van der Waals surface area contributed by atoms with Crippen molar-refractivity contribution in [2.75, 3.05) is 13.1 Å². The molecule has 0 spiro atoms. The van der Waals surface area contributed by atoms with Crippen LogP contribution in [0.5, 0.6) is 5.75 Å². The van der Waals surface area contributed by atoms with E-state index in [0.29, 0.717) is 5.75 Å². The summed E-state index contributed by atoms with van der Waals surface area (Å²) in [5.41, 5.74) is 2.54. The van der Waals surface area contributed by atoms with E-state index in [1.807, 2.05) is 6.07 Å². The highest BCUT2D eigenvalue weighted by atomic mass is 32.2. The van der Waals surface area contributed by atoms with Crippen molar-refractivity contribution >= 4 is 10.0 Å². The molecule has 2 aliphatic rings. The third-order valence-electron chi connectivity index (χ3n) is 5.19. The maximum atomic E-state index is 12.7. The van der Waals surface area contributed by atoms with Gasteiger partial charge in [0.1, 0.15) is 16.7 Å². The standard InChI is InChI=1S/C20H24N2O3S/c1-15-6-8-16(9-7-15)14-22-12-10-17-18(11-13-22)25-19-4-2-3-5-20(19)26(23,24)21-17/h2-9,17-18,21H,10-14H2,1H3/t17-,18-/m0/s1. The first-order chi connectivity index (χ1) is 12.5. The Hall–Kier alpha value is -1.89. The Labute approximate surface area is 155 Å². The number of likely N-dealkylation sites (tertiary alicyclic amines) is 1. The molecule has 6 heteroatoms. The van der Waals surface area contributed by atoms with Gasteiger partial charge in [0, 0.05) is 19.6 Å². The van der Waals surface area contributed by atoms with Gasteiger partial charge in [-0.25, -0.2) is 13.1 Å². The lowest BCUT2D eigenvalue weighted by atomic mass is 10.1. The first-order valence-corrected chi connectivity index (χ1v) is 10.6. The topological polar surface area (TPSA) is 58.6 Å². The highest BCUT2D eigenvalue weighted by Crippen LogP contribution is 2.31. The van der Waals surface area contributed by atoms with Crippen LogP contribution < -0.4 is 9.46 Å². The van der Waals surface area contributed by atoms with Crippen molar-refractivity contribution in [1.29, 1.82) is 0 Å². The summed E-state index contributed by atoms with van der Waals surface area (Å²) in [5, 5.41) is 0. The summed E-state index contributed by atoms with van der Waals surface area (Å²) in [4.78, 5) is 2.62. The molecule has 2 aromatic rings. The zero-order valence-corrected chi connectivity index (χ0v) is 15.7. The highest BCUT2D eigenvalue weighted by Gasteiger charge is 2.36. The van der Waals surface area contributed by atoms with Gasteiger partial charge in [-0.3, -0.25) is 4.90 Å². The van der Waals surface area contributed by atoms with Gasteiger partial charge in [0.2, 0.25) is 10.0 Å². The van der Waals surface area contributed by atoms with Crippen molar-refractivity contribution in [3.05, 3.63) is 59.7 Å². The minimum Gasteiger partial charge on any atom is -0.487 e. The number of nitrogens with one attached hydrogen (secondary N) is 1. The van der Waals surface area contributed by atoms with E-state index in [9.17, 15) is 8.42 Å². The maximum Gasteiger partial charge on any atom is 0.244 e. The van der Waals surface area contributed by atoms with Crippen LogP contribution >= 0.6 is 0 Å². The Morgan fingerprint density at radius 3 is 2.62 bits per heavy atom. The Morgan fingerprint density at radius 1 is 1.08 bits per heavy atom. The lowest BCUT2D eigenvalue weighted by molar-refractivity contribution is 0.156. The van der Waals surface area contributed by atoms with Gasteiger partial charge in [-0.15, -0.1) is 0 Å². The van der Waals surface area contributed by atoms with Crippen LogP contribution in [0.4, 0.5) is 0 Å². The van der Waals surface area contributed by atoms with E-state index in [1.165, 1.54) is 11.1 Å². The molecular weight excluding hydrogens is 348 g/mol. The second-order valence-corrected chi connectivity index (χ2v) is 8.85. The molecule has 1 N–H and O–H groups in total. The second-order valence-electron chi connectivity index (χ2n) is 7.17. The quantitative estimate of drug-likeness (QED) is 0.881. The lowest BCUT2D eigenvalue weighted by Crippen LogP contribution is -2.43. The largest absolute Gasteiger partial charge is 0.487 e. The molecule has 0 unspecified atom stereocenters. The number of hydrogen-bond acceptors (Lipinski definition) is 4. The van der Waals surface area contributed by atoms with Crippen molar-refractivity contribution < 1.29 is 13.2 Å². The smallest absolute Gasteiger partial charge is 0.244 e. The first kappa shape index (κ1) is 17.5. The molecule has 4 rings (SSSR count). The van der Waals surface area contributed by atoms with Crippen molar-refractivity contribution in [2.24, 2.45) is 0 Å². The van der Waals surface area contributed by atoms with Gasteiger partial charge in [0.15, 0.2) is 0 Å². The molecule has 5 nitrogen and oxygen atoms in total. The molecule has 1 saturated heterocycles. The fourth-order valence-electron chi connectivity index (χ4n) is 3.71.